The molecule has 2 rings (SSSR count). The lowest BCUT2D eigenvalue weighted by molar-refractivity contribution is 0.577. The Labute approximate surface area is 117 Å². The van der Waals surface area contributed by atoms with E-state index in [4.69, 9.17) is 0 Å². The molecule has 2 unspecified atom stereocenters. The summed E-state index contributed by atoms with van der Waals surface area (Å²) >= 11 is 1.99. The fourth-order valence-corrected chi connectivity index (χ4v) is 4.26. The van der Waals surface area contributed by atoms with Crippen LogP contribution in [0.1, 0.15) is 47.5 Å². The van der Waals surface area contributed by atoms with Crippen molar-refractivity contribution in [3.05, 3.63) is 21.4 Å². The number of hydrogen-bond acceptors (Lipinski definition) is 3. The van der Waals surface area contributed by atoms with Gasteiger partial charge in [-0.15, -0.1) is 11.3 Å². The quantitative estimate of drug-likeness (QED) is 0.814. The van der Waals surface area contributed by atoms with Crippen LogP contribution in [0.3, 0.4) is 0 Å². The average Bonchev–Trinajstić information content (AvgIpc) is 2.78. The zero-order valence-electron chi connectivity index (χ0n) is 11.3. The molecule has 2 nitrogen and oxygen atoms in total. The molecule has 1 aromatic rings. The van der Waals surface area contributed by atoms with Crippen LogP contribution in [0.5, 0.6) is 0 Å². The van der Waals surface area contributed by atoms with Crippen molar-refractivity contribution in [3.63, 3.8) is 0 Å². The molecule has 1 aliphatic carbocycles. The molecular formula is C14H23NOS2. The minimum Gasteiger partial charge on any atom is -0.309 e. The lowest BCUT2D eigenvalue weighted by Crippen LogP contribution is -2.20. The summed E-state index contributed by atoms with van der Waals surface area (Å²) in [7, 11) is -0.656. The van der Waals surface area contributed by atoms with Gasteiger partial charge in [0.2, 0.25) is 0 Å². The van der Waals surface area contributed by atoms with Gasteiger partial charge in [0.05, 0.1) is 0 Å². The number of thiophene rings is 1. The maximum absolute atomic E-state index is 11.0. The Morgan fingerprint density at radius 3 is 2.94 bits per heavy atom. The monoisotopic (exact) mass is 285 g/mol. The van der Waals surface area contributed by atoms with Crippen LogP contribution in [0.15, 0.2) is 6.07 Å². The van der Waals surface area contributed by atoms with Gasteiger partial charge in [-0.05, 0) is 57.2 Å². The van der Waals surface area contributed by atoms with Gasteiger partial charge in [-0.2, -0.15) is 0 Å². The van der Waals surface area contributed by atoms with Crippen LogP contribution in [-0.2, 0) is 23.6 Å². The first kappa shape index (κ1) is 14.2. The van der Waals surface area contributed by atoms with Crippen molar-refractivity contribution in [2.45, 2.75) is 45.1 Å². The first-order valence-electron chi connectivity index (χ1n) is 6.81. The van der Waals surface area contributed by atoms with E-state index < -0.39 is 10.8 Å². The normalized spacial score (nSPS) is 18.3. The van der Waals surface area contributed by atoms with E-state index in [2.05, 4.69) is 18.3 Å². The molecule has 0 aromatic carbocycles. The largest absolute Gasteiger partial charge is 0.309 e. The van der Waals surface area contributed by atoms with Crippen LogP contribution in [0.25, 0.3) is 0 Å². The van der Waals surface area contributed by atoms with Crippen molar-refractivity contribution in [2.24, 2.45) is 0 Å². The van der Waals surface area contributed by atoms with E-state index in [1.807, 2.05) is 11.3 Å². The minimum atomic E-state index is -0.656. The summed E-state index contributed by atoms with van der Waals surface area (Å²) in [6.07, 6.45) is 8.04. The summed E-state index contributed by atoms with van der Waals surface area (Å²) in [6.45, 7) is 3.20. The molecular weight excluding hydrogens is 262 g/mol. The number of nitrogens with one attached hydrogen (secondary N) is 1. The van der Waals surface area contributed by atoms with Crippen LogP contribution >= 0.6 is 11.3 Å². The van der Waals surface area contributed by atoms with Crippen molar-refractivity contribution < 1.29 is 4.21 Å². The number of fused-ring (bicyclic) bond motifs is 1. The van der Waals surface area contributed by atoms with E-state index >= 15 is 0 Å². The van der Waals surface area contributed by atoms with Gasteiger partial charge in [0.1, 0.15) is 0 Å². The Bertz CT molecular complexity index is 390. The summed E-state index contributed by atoms with van der Waals surface area (Å²) in [5, 5.41) is 3.54. The SMILES string of the molecule is CC(NCCCS(C)=O)c1cc2c(s1)CCCC2. The van der Waals surface area contributed by atoms with E-state index in [9.17, 15) is 4.21 Å². The molecule has 0 aliphatic heterocycles. The fraction of sp³-hybridized carbons (Fsp3) is 0.714. The van der Waals surface area contributed by atoms with Crippen LogP contribution in [0.4, 0.5) is 0 Å². The van der Waals surface area contributed by atoms with Crippen molar-refractivity contribution in [1.82, 2.24) is 5.32 Å². The highest BCUT2D eigenvalue weighted by atomic mass is 32.2. The summed E-state index contributed by atoms with van der Waals surface area (Å²) in [6, 6.07) is 2.83. The third kappa shape index (κ3) is 3.90. The Hall–Kier alpha value is -0.190. The van der Waals surface area contributed by atoms with Gasteiger partial charge >= 0.3 is 0 Å². The highest BCUT2D eigenvalue weighted by Crippen LogP contribution is 2.32. The van der Waals surface area contributed by atoms with Crippen molar-refractivity contribution in [2.75, 3.05) is 18.6 Å². The van der Waals surface area contributed by atoms with Crippen LogP contribution in [0, 0.1) is 0 Å². The van der Waals surface area contributed by atoms with E-state index in [0.717, 1.165) is 18.7 Å². The van der Waals surface area contributed by atoms with Gasteiger partial charge in [0.25, 0.3) is 0 Å². The van der Waals surface area contributed by atoms with Gasteiger partial charge in [0, 0.05) is 38.6 Å². The highest BCUT2D eigenvalue weighted by Gasteiger charge is 2.16. The molecule has 4 heteroatoms. The van der Waals surface area contributed by atoms with Crippen LogP contribution < -0.4 is 5.32 Å². The predicted molar refractivity (Wildman–Crippen MR) is 80.9 cm³/mol. The fourth-order valence-electron chi connectivity index (χ4n) is 2.42. The maximum Gasteiger partial charge on any atom is 0.0386 e. The molecule has 0 saturated heterocycles. The van der Waals surface area contributed by atoms with Gasteiger partial charge in [-0.1, -0.05) is 0 Å². The second kappa shape index (κ2) is 6.83. The standard InChI is InChI=1S/C14H23NOS2/c1-11(15-8-5-9-18(2)16)14-10-12-6-3-4-7-13(12)17-14/h10-11,15H,3-9H2,1-2H3. The molecule has 1 aromatic heterocycles. The van der Waals surface area contributed by atoms with Crippen molar-refractivity contribution in [1.29, 1.82) is 0 Å². The molecule has 0 amide bonds. The molecule has 0 bridgehead atoms. The third-order valence-corrected chi connectivity index (χ3v) is 5.78. The molecule has 1 heterocycles. The lowest BCUT2D eigenvalue weighted by atomic mass is 9.99. The Morgan fingerprint density at radius 1 is 1.44 bits per heavy atom. The first-order valence-corrected chi connectivity index (χ1v) is 9.36. The van der Waals surface area contributed by atoms with Gasteiger partial charge in [0.15, 0.2) is 0 Å². The minimum absolute atomic E-state index is 0.436. The maximum atomic E-state index is 11.0. The average molecular weight is 285 g/mol. The molecule has 0 spiro atoms. The van der Waals surface area contributed by atoms with Crippen molar-refractivity contribution in [3.8, 4) is 0 Å². The van der Waals surface area contributed by atoms with Crippen LogP contribution in [0.2, 0.25) is 0 Å². The highest BCUT2D eigenvalue weighted by molar-refractivity contribution is 7.84. The van der Waals surface area contributed by atoms with Gasteiger partial charge < -0.3 is 5.32 Å². The second-order valence-electron chi connectivity index (χ2n) is 5.11. The summed E-state index contributed by atoms with van der Waals surface area (Å²) in [5.41, 5.74) is 1.59. The van der Waals surface area contributed by atoms with E-state index in [1.54, 1.807) is 16.7 Å². The smallest absolute Gasteiger partial charge is 0.0386 e. The van der Waals surface area contributed by atoms with E-state index in [0.29, 0.717) is 6.04 Å². The molecule has 18 heavy (non-hydrogen) atoms. The number of rotatable bonds is 6. The molecule has 102 valence electrons. The summed E-state index contributed by atoms with van der Waals surface area (Å²) in [4.78, 5) is 3.08. The second-order valence-corrected chi connectivity index (χ2v) is 7.83. The van der Waals surface area contributed by atoms with Gasteiger partial charge in [-0.3, -0.25) is 4.21 Å². The van der Waals surface area contributed by atoms with Gasteiger partial charge in [-0.25, -0.2) is 0 Å². The predicted octanol–water partition coefficient (Wildman–Crippen LogP) is 3.05. The Balaban J connectivity index is 1.83. The Kier molecular flexibility index (Phi) is 5.39. The molecule has 0 fully saturated rings. The molecule has 2 atom stereocenters. The number of aryl methyl sites for hydroxylation is 2. The zero-order chi connectivity index (χ0) is 13.0. The Morgan fingerprint density at radius 2 is 2.22 bits per heavy atom. The topological polar surface area (TPSA) is 29.1 Å². The zero-order valence-corrected chi connectivity index (χ0v) is 13.0. The summed E-state index contributed by atoms with van der Waals surface area (Å²) < 4.78 is 11.0. The number of hydrogen-bond donors (Lipinski definition) is 1. The van der Waals surface area contributed by atoms with E-state index in [-0.39, 0.29) is 0 Å². The van der Waals surface area contributed by atoms with Crippen LogP contribution in [-0.4, -0.2) is 22.8 Å². The molecule has 0 saturated carbocycles. The van der Waals surface area contributed by atoms with Crippen molar-refractivity contribution >= 4 is 22.1 Å². The molecule has 0 radical (unpaired) electrons. The molecule has 1 N–H and O–H groups in total. The lowest BCUT2D eigenvalue weighted by Gasteiger charge is -2.11. The third-order valence-electron chi connectivity index (χ3n) is 3.50. The van der Waals surface area contributed by atoms with E-state index in [1.165, 1.54) is 30.6 Å². The molecule has 1 aliphatic rings. The first-order chi connectivity index (χ1) is 8.66. The summed E-state index contributed by atoms with van der Waals surface area (Å²) in [5.74, 6) is 0.806.